The van der Waals surface area contributed by atoms with E-state index in [9.17, 15) is 9.59 Å². The van der Waals surface area contributed by atoms with E-state index < -0.39 is 11.5 Å². The summed E-state index contributed by atoms with van der Waals surface area (Å²) < 4.78 is 4.81. The molecule has 22 heavy (non-hydrogen) atoms. The van der Waals surface area contributed by atoms with E-state index in [4.69, 9.17) is 4.74 Å². The van der Waals surface area contributed by atoms with Gasteiger partial charge >= 0.3 is 5.97 Å². The average Bonchev–Trinajstić information content (AvgIpc) is 2.45. The van der Waals surface area contributed by atoms with Crippen LogP contribution in [0.1, 0.15) is 63.4 Å². The fourth-order valence-electron chi connectivity index (χ4n) is 2.39. The van der Waals surface area contributed by atoms with Crippen molar-refractivity contribution in [3.63, 3.8) is 0 Å². The predicted octanol–water partition coefficient (Wildman–Crippen LogP) is 3.45. The number of rotatable bonds is 5. The first-order valence-corrected chi connectivity index (χ1v) is 7.65. The van der Waals surface area contributed by atoms with Crippen LogP contribution in [0.15, 0.2) is 24.3 Å². The highest BCUT2D eigenvalue weighted by molar-refractivity contribution is 5.98. The van der Waals surface area contributed by atoms with Crippen LogP contribution >= 0.6 is 0 Å². The van der Waals surface area contributed by atoms with Gasteiger partial charge < -0.3 is 10.1 Å². The van der Waals surface area contributed by atoms with Crippen LogP contribution < -0.4 is 5.32 Å². The third kappa shape index (κ3) is 4.33. The van der Waals surface area contributed by atoms with Gasteiger partial charge in [0.05, 0.1) is 7.11 Å². The first kappa shape index (κ1) is 18.2. The molecular weight excluding hydrogens is 278 g/mol. The summed E-state index contributed by atoms with van der Waals surface area (Å²) in [6, 6.07) is 7.48. The summed E-state index contributed by atoms with van der Waals surface area (Å²) in [6.07, 6.45) is 1.31. The zero-order valence-corrected chi connectivity index (χ0v) is 14.4. The van der Waals surface area contributed by atoms with Crippen molar-refractivity contribution in [1.29, 1.82) is 0 Å². The van der Waals surface area contributed by atoms with E-state index in [1.807, 2.05) is 19.1 Å². The van der Waals surface area contributed by atoms with Gasteiger partial charge in [0.2, 0.25) is 0 Å². The van der Waals surface area contributed by atoms with Gasteiger partial charge in [-0.25, -0.2) is 4.79 Å². The summed E-state index contributed by atoms with van der Waals surface area (Å²) in [5, 5.41) is 2.81. The highest BCUT2D eigenvalue weighted by atomic mass is 16.5. The van der Waals surface area contributed by atoms with Crippen molar-refractivity contribution in [2.24, 2.45) is 0 Å². The largest absolute Gasteiger partial charge is 0.467 e. The van der Waals surface area contributed by atoms with Gasteiger partial charge in [0.1, 0.15) is 5.54 Å². The molecule has 0 bridgehead atoms. The Morgan fingerprint density at radius 2 is 1.64 bits per heavy atom. The number of esters is 1. The monoisotopic (exact) mass is 305 g/mol. The minimum atomic E-state index is -0.997. The van der Waals surface area contributed by atoms with Crippen molar-refractivity contribution >= 4 is 11.9 Å². The third-order valence-electron chi connectivity index (χ3n) is 3.79. The molecule has 1 rings (SSSR count). The van der Waals surface area contributed by atoms with E-state index in [1.165, 1.54) is 7.11 Å². The first-order chi connectivity index (χ1) is 10.1. The van der Waals surface area contributed by atoms with Gasteiger partial charge in [-0.1, -0.05) is 46.2 Å². The fraction of sp³-hybridized carbons (Fsp3) is 0.556. The molecule has 0 aliphatic carbocycles. The summed E-state index contributed by atoms with van der Waals surface area (Å²) in [7, 11) is 1.33. The Kier molecular flexibility index (Phi) is 5.75. The van der Waals surface area contributed by atoms with Crippen LogP contribution in [0, 0.1) is 0 Å². The molecule has 0 aliphatic rings. The smallest absolute Gasteiger partial charge is 0.331 e. The van der Waals surface area contributed by atoms with Crippen molar-refractivity contribution in [2.45, 2.75) is 58.4 Å². The van der Waals surface area contributed by atoms with E-state index in [2.05, 4.69) is 26.1 Å². The summed E-state index contributed by atoms with van der Waals surface area (Å²) in [5.74, 6) is -0.684. The van der Waals surface area contributed by atoms with Crippen molar-refractivity contribution < 1.29 is 14.3 Å². The lowest BCUT2D eigenvalue weighted by Gasteiger charge is -2.27. The highest BCUT2D eigenvalue weighted by Crippen LogP contribution is 2.22. The van der Waals surface area contributed by atoms with Crippen LogP contribution in [0.2, 0.25) is 0 Å². The first-order valence-electron chi connectivity index (χ1n) is 7.65. The lowest BCUT2D eigenvalue weighted by Crippen LogP contribution is -2.52. The molecule has 0 radical (unpaired) electrons. The maximum Gasteiger partial charge on any atom is 0.331 e. The number of hydrogen-bond donors (Lipinski definition) is 1. The molecular formula is C18H27NO3. The Bertz CT molecular complexity index is 528. The fourth-order valence-corrected chi connectivity index (χ4v) is 2.39. The van der Waals surface area contributed by atoms with Gasteiger partial charge in [0.25, 0.3) is 5.91 Å². The molecule has 4 nitrogen and oxygen atoms in total. The van der Waals surface area contributed by atoms with Crippen LogP contribution in [-0.2, 0) is 14.9 Å². The van der Waals surface area contributed by atoms with Gasteiger partial charge in [0, 0.05) is 5.56 Å². The molecule has 122 valence electrons. The van der Waals surface area contributed by atoms with E-state index >= 15 is 0 Å². The van der Waals surface area contributed by atoms with Gasteiger partial charge in [-0.3, -0.25) is 4.79 Å². The lowest BCUT2D eigenvalue weighted by atomic mass is 9.86. The Morgan fingerprint density at radius 3 is 2.05 bits per heavy atom. The Labute approximate surface area is 133 Å². The van der Waals surface area contributed by atoms with Crippen molar-refractivity contribution in [3.05, 3.63) is 35.4 Å². The van der Waals surface area contributed by atoms with E-state index in [-0.39, 0.29) is 11.3 Å². The number of nitrogens with one attached hydrogen (secondary N) is 1. The van der Waals surface area contributed by atoms with Crippen LogP contribution in [0.5, 0.6) is 0 Å². The quantitative estimate of drug-likeness (QED) is 0.848. The number of ether oxygens (including phenoxy) is 1. The molecule has 1 atom stereocenters. The van der Waals surface area contributed by atoms with Gasteiger partial charge in [0.15, 0.2) is 0 Å². The van der Waals surface area contributed by atoms with Gasteiger partial charge in [-0.05, 0) is 36.5 Å². The highest BCUT2D eigenvalue weighted by Gasteiger charge is 2.35. The number of carbonyl (C=O) groups excluding carboxylic acids is 2. The number of methoxy groups -OCH3 is 1. The maximum atomic E-state index is 12.4. The van der Waals surface area contributed by atoms with Gasteiger partial charge in [-0.2, -0.15) is 0 Å². The normalized spacial score (nSPS) is 14.1. The second-order valence-corrected chi connectivity index (χ2v) is 6.86. The molecule has 0 fully saturated rings. The van der Waals surface area contributed by atoms with E-state index in [0.29, 0.717) is 12.0 Å². The maximum absolute atomic E-state index is 12.4. The summed E-state index contributed by atoms with van der Waals surface area (Å²) in [6.45, 7) is 10.0. The Hall–Kier alpha value is -1.84. The zero-order valence-electron chi connectivity index (χ0n) is 14.4. The van der Waals surface area contributed by atoms with Crippen LogP contribution in [0.4, 0.5) is 0 Å². The lowest BCUT2D eigenvalue weighted by molar-refractivity contribution is -0.147. The van der Waals surface area contributed by atoms with E-state index in [0.717, 1.165) is 12.0 Å². The van der Waals surface area contributed by atoms with Crippen LogP contribution in [-0.4, -0.2) is 24.5 Å². The predicted molar refractivity (Wildman–Crippen MR) is 87.9 cm³/mol. The summed E-state index contributed by atoms with van der Waals surface area (Å²) >= 11 is 0. The molecule has 1 aromatic rings. The van der Waals surface area contributed by atoms with Gasteiger partial charge in [-0.15, -0.1) is 0 Å². The molecule has 1 aromatic carbocycles. The minimum absolute atomic E-state index is 0.0394. The molecule has 0 saturated heterocycles. The molecule has 1 amide bonds. The number of carbonyl (C=O) groups is 2. The van der Waals surface area contributed by atoms with Crippen LogP contribution in [0.3, 0.4) is 0 Å². The minimum Gasteiger partial charge on any atom is -0.467 e. The van der Waals surface area contributed by atoms with Crippen molar-refractivity contribution in [3.8, 4) is 0 Å². The molecule has 1 unspecified atom stereocenters. The van der Waals surface area contributed by atoms with Crippen molar-refractivity contribution in [1.82, 2.24) is 5.32 Å². The third-order valence-corrected chi connectivity index (χ3v) is 3.79. The zero-order chi connectivity index (χ0) is 17.0. The number of amides is 1. The Morgan fingerprint density at radius 1 is 1.09 bits per heavy atom. The standard InChI is InChI=1S/C18H27NO3/c1-7-12-18(5,16(21)22-6)19-15(20)13-8-10-14(11-9-13)17(2,3)4/h8-11H,7,12H2,1-6H3,(H,19,20). The van der Waals surface area contributed by atoms with Crippen LogP contribution in [0.25, 0.3) is 0 Å². The molecule has 0 aliphatic heterocycles. The van der Waals surface area contributed by atoms with Crippen molar-refractivity contribution in [2.75, 3.05) is 7.11 Å². The molecule has 0 saturated carbocycles. The molecule has 0 spiro atoms. The summed E-state index contributed by atoms with van der Waals surface area (Å²) in [5.41, 5.74) is 0.744. The SMILES string of the molecule is CCCC(C)(NC(=O)c1ccc(C(C)(C)C)cc1)C(=O)OC. The molecule has 0 heterocycles. The summed E-state index contributed by atoms with van der Waals surface area (Å²) in [4.78, 5) is 24.3. The van der Waals surface area contributed by atoms with E-state index in [1.54, 1.807) is 19.1 Å². The molecule has 1 N–H and O–H groups in total. The molecule has 0 aromatic heterocycles. The number of benzene rings is 1. The topological polar surface area (TPSA) is 55.4 Å². The average molecular weight is 305 g/mol. The molecule has 4 heteroatoms. The second kappa shape index (κ2) is 6.95. The Balaban J connectivity index is 2.93. The second-order valence-electron chi connectivity index (χ2n) is 6.86. The number of hydrogen-bond acceptors (Lipinski definition) is 3.